The molecule has 4 N–H and O–H groups in total. The quantitative estimate of drug-likeness (QED) is 0.830. The highest BCUT2D eigenvalue weighted by Gasteiger charge is 2.37. The van der Waals surface area contributed by atoms with Gasteiger partial charge in [0.1, 0.15) is 0 Å². The van der Waals surface area contributed by atoms with Crippen LogP contribution in [0, 0.1) is 0 Å². The predicted octanol–water partition coefficient (Wildman–Crippen LogP) is 4.04. The zero-order valence-corrected chi connectivity index (χ0v) is 14.4. The summed E-state index contributed by atoms with van der Waals surface area (Å²) in [5, 5.41) is 2.93. The number of hydrogen-bond acceptors (Lipinski definition) is 5. The van der Waals surface area contributed by atoms with Crippen LogP contribution in [0.5, 0.6) is 0 Å². The summed E-state index contributed by atoms with van der Waals surface area (Å²) in [6.45, 7) is 3.96. The molecule has 2 heterocycles. The van der Waals surface area contributed by atoms with Gasteiger partial charge in [0, 0.05) is 5.38 Å². The van der Waals surface area contributed by atoms with Gasteiger partial charge in [-0.05, 0) is 19.4 Å². The SMILES string of the molecule is CCCCC(C)(C(N)=O)c1sc(N)nc1-c1cc(Cl)cs1. The average molecular weight is 344 g/mol. The number of nitrogen functional groups attached to an aromatic ring is 1. The number of carbonyl (C=O) groups excluding carboxylic acids is 1. The Morgan fingerprint density at radius 1 is 1.52 bits per heavy atom. The number of carbonyl (C=O) groups is 1. The highest BCUT2D eigenvalue weighted by molar-refractivity contribution is 7.17. The third-order valence-corrected chi connectivity index (χ3v) is 5.95. The minimum absolute atomic E-state index is 0.344. The molecular weight excluding hydrogens is 326 g/mol. The molecule has 0 aromatic carbocycles. The van der Waals surface area contributed by atoms with E-state index in [1.165, 1.54) is 22.7 Å². The fourth-order valence-corrected chi connectivity index (χ4v) is 4.35. The molecule has 0 saturated carbocycles. The molecular formula is C14H18ClN3OS2. The number of aromatic nitrogens is 1. The Hall–Kier alpha value is -1.11. The van der Waals surface area contributed by atoms with Crippen LogP contribution >= 0.6 is 34.3 Å². The average Bonchev–Trinajstić information content (AvgIpc) is 3.01. The molecule has 7 heteroatoms. The highest BCUT2D eigenvalue weighted by Crippen LogP contribution is 2.43. The van der Waals surface area contributed by atoms with Gasteiger partial charge >= 0.3 is 0 Å². The van der Waals surface area contributed by atoms with E-state index in [0.717, 1.165) is 28.3 Å². The van der Waals surface area contributed by atoms with Gasteiger partial charge in [0.05, 0.1) is 25.9 Å². The lowest BCUT2D eigenvalue weighted by atomic mass is 9.81. The molecule has 1 atom stereocenters. The van der Waals surface area contributed by atoms with Crippen LogP contribution in [0.4, 0.5) is 5.13 Å². The monoisotopic (exact) mass is 343 g/mol. The molecule has 4 nitrogen and oxygen atoms in total. The summed E-state index contributed by atoms with van der Waals surface area (Å²) in [7, 11) is 0. The van der Waals surface area contributed by atoms with Crippen LogP contribution in [0.25, 0.3) is 10.6 Å². The Bertz CT molecular complexity index is 652. The van der Waals surface area contributed by atoms with Crippen molar-refractivity contribution in [3.63, 3.8) is 0 Å². The standard InChI is InChI=1S/C14H18ClN3OS2/c1-3-4-5-14(2,12(16)19)11-10(18-13(17)21-11)9-6-8(15)7-20-9/h6-7H,3-5H2,1-2H3,(H2,16,19)(H2,17,18). The third kappa shape index (κ3) is 3.22. The molecule has 114 valence electrons. The molecule has 0 aliphatic rings. The largest absolute Gasteiger partial charge is 0.375 e. The predicted molar refractivity (Wildman–Crippen MR) is 90.9 cm³/mol. The van der Waals surface area contributed by atoms with Crippen LogP contribution in [0.3, 0.4) is 0 Å². The molecule has 1 amide bonds. The highest BCUT2D eigenvalue weighted by atomic mass is 35.5. The van der Waals surface area contributed by atoms with Crippen molar-refractivity contribution >= 4 is 45.3 Å². The molecule has 2 aromatic heterocycles. The molecule has 0 radical (unpaired) electrons. The fraction of sp³-hybridized carbons (Fsp3) is 0.429. The summed E-state index contributed by atoms with van der Waals surface area (Å²) in [6.07, 6.45) is 2.60. The van der Waals surface area contributed by atoms with Gasteiger partial charge in [-0.3, -0.25) is 4.79 Å². The zero-order chi connectivity index (χ0) is 15.6. The summed E-state index contributed by atoms with van der Waals surface area (Å²) < 4.78 is 0. The van der Waals surface area contributed by atoms with E-state index in [1.54, 1.807) is 0 Å². The molecule has 0 fully saturated rings. The second-order valence-corrected chi connectivity index (χ2v) is 7.54. The van der Waals surface area contributed by atoms with Crippen LogP contribution < -0.4 is 11.5 Å². The van der Waals surface area contributed by atoms with Gasteiger partial charge < -0.3 is 11.5 Å². The van der Waals surface area contributed by atoms with E-state index in [9.17, 15) is 4.79 Å². The van der Waals surface area contributed by atoms with Gasteiger partial charge in [0.15, 0.2) is 5.13 Å². The first kappa shape index (κ1) is 16.3. The van der Waals surface area contributed by atoms with Crippen molar-refractivity contribution in [2.24, 2.45) is 5.73 Å². The minimum atomic E-state index is -0.753. The summed E-state index contributed by atoms with van der Waals surface area (Å²) in [4.78, 5) is 18.2. The molecule has 0 aliphatic carbocycles. The van der Waals surface area contributed by atoms with Gasteiger partial charge in [-0.25, -0.2) is 4.98 Å². The Morgan fingerprint density at radius 3 is 2.76 bits per heavy atom. The number of hydrogen-bond donors (Lipinski definition) is 2. The van der Waals surface area contributed by atoms with Gasteiger partial charge in [0.2, 0.25) is 5.91 Å². The summed E-state index contributed by atoms with van der Waals surface area (Å²) in [5.74, 6) is -0.344. The lowest BCUT2D eigenvalue weighted by Crippen LogP contribution is -2.38. The second-order valence-electron chi connectivity index (χ2n) is 5.16. The van der Waals surface area contributed by atoms with Crippen molar-refractivity contribution in [3.05, 3.63) is 21.3 Å². The van der Waals surface area contributed by atoms with Gasteiger partial charge in [0.25, 0.3) is 0 Å². The molecule has 0 aliphatic heterocycles. The number of primary amides is 1. The van der Waals surface area contributed by atoms with Crippen LogP contribution in [0.15, 0.2) is 11.4 Å². The van der Waals surface area contributed by atoms with Crippen molar-refractivity contribution in [3.8, 4) is 10.6 Å². The smallest absolute Gasteiger partial charge is 0.228 e. The fourth-order valence-electron chi connectivity index (χ4n) is 2.19. The number of nitrogens with two attached hydrogens (primary N) is 2. The summed E-state index contributed by atoms with van der Waals surface area (Å²) >= 11 is 8.81. The summed E-state index contributed by atoms with van der Waals surface area (Å²) in [5.41, 5.74) is 11.5. The lowest BCUT2D eigenvalue weighted by molar-refractivity contribution is -0.123. The Kier molecular flexibility index (Phi) is 4.91. The molecule has 2 aromatic rings. The van der Waals surface area contributed by atoms with Crippen molar-refractivity contribution in [1.29, 1.82) is 0 Å². The van der Waals surface area contributed by atoms with Crippen LogP contribution in [0.2, 0.25) is 5.02 Å². The molecule has 0 spiro atoms. The molecule has 2 rings (SSSR count). The van der Waals surface area contributed by atoms with Crippen LogP contribution in [-0.2, 0) is 10.2 Å². The van der Waals surface area contributed by atoms with Crippen molar-refractivity contribution < 1.29 is 4.79 Å². The first-order valence-electron chi connectivity index (χ1n) is 6.69. The number of nitrogens with zero attached hydrogens (tertiary/aromatic N) is 1. The number of halogens is 1. The number of amides is 1. The van der Waals surface area contributed by atoms with Crippen LogP contribution in [-0.4, -0.2) is 10.9 Å². The number of anilines is 1. The normalized spacial score (nSPS) is 14.0. The first-order chi connectivity index (χ1) is 9.88. The maximum atomic E-state index is 12.1. The topological polar surface area (TPSA) is 82.0 Å². The van der Waals surface area contributed by atoms with Crippen molar-refractivity contribution in [2.75, 3.05) is 5.73 Å². The zero-order valence-electron chi connectivity index (χ0n) is 12.0. The van der Waals surface area contributed by atoms with E-state index in [-0.39, 0.29) is 5.91 Å². The van der Waals surface area contributed by atoms with Crippen molar-refractivity contribution in [1.82, 2.24) is 4.98 Å². The Morgan fingerprint density at radius 2 is 2.24 bits per heavy atom. The van der Waals surface area contributed by atoms with E-state index >= 15 is 0 Å². The lowest BCUT2D eigenvalue weighted by Gasteiger charge is -2.25. The maximum Gasteiger partial charge on any atom is 0.228 e. The van der Waals surface area contributed by atoms with E-state index in [4.69, 9.17) is 23.1 Å². The van der Waals surface area contributed by atoms with Gasteiger partial charge in [-0.15, -0.1) is 22.7 Å². The van der Waals surface area contributed by atoms with E-state index in [1.807, 2.05) is 18.4 Å². The minimum Gasteiger partial charge on any atom is -0.375 e. The van der Waals surface area contributed by atoms with Gasteiger partial charge in [-0.2, -0.15) is 0 Å². The number of unbranched alkanes of at least 4 members (excludes halogenated alkanes) is 1. The van der Waals surface area contributed by atoms with Gasteiger partial charge in [-0.1, -0.05) is 31.4 Å². The van der Waals surface area contributed by atoms with Crippen LogP contribution in [0.1, 0.15) is 38.0 Å². The van der Waals surface area contributed by atoms with Crippen molar-refractivity contribution in [2.45, 2.75) is 38.5 Å². The summed E-state index contributed by atoms with van der Waals surface area (Å²) in [6, 6.07) is 1.84. The molecule has 1 unspecified atom stereocenters. The maximum absolute atomic E-state index is 12.1. The number of thiophene rings is 1. The number of thiazole rings is 1. The first-order valence-corrected chi connectivity index (χ1v) is 8.77. The Labute approximate surface area is 137 Å². The number of rotatable bonds is 6. The molecule has 0 bridgehead atoms. The van der Waals surface area contributed by atoms with E-state index in [0.29, 0.717) is 16.6 Å². The van der Waals surface area contributed by atoms with E-state index in [2.05, 4.69) is 11.9 Å². The van der Waals surface area contributed by atoms with E-state index < -0.39 is 5.41 Å². The molecule has 21 heavy (non-hydrogen) atoms. The molecule has 0 saturated heterocycles. The second kappa shape index (κ2) is 6.34. The third-order valence-electron chi connectivity index (χ3n) is 3.52. The Balaban J connectivity index is 2.53.